The topological polar surface area (TPSA) is 58.6 Å². The lowest BCUT2D eigenvalue weighted by molar-refractivity contribution is -0.124. The van der Waals surface area contributed by atoms with Crippen LogP contribution in [0.2, 0.25) is 0 Å². The van der Waals surface area contributed by atoms with Gasteiger partial charge in [0.15, 0.2) is 11.6 Å². The number of nitrogens with zero attached hydrogens (tertiary/aromatic N) is 1. The fourth-order valence-electron chi connectivity index (χ4n) is 4.29. The number of carbonyl (C=O) groups is 2. The van der Waals surface area contributed by atoms with Crippen molar-refractivity contribution >= 4 is 39.1 Å². The normalized spacial score (nSPS) is 18.5. The summed E-state index contributed by atoms with van der Waals surface area (Å²) in [7, 11) is 0. The number of anilines is 2. The molecule has 3 aromatic carbocycles. The van der Waals surface area contributed by atoms with Crippen LogP contribution >= 0.6 is 15.9 Å². The predicted octanol–water partition coefficient (Wildman–Crippen LogP) is 4.53. The van der Waals surface area contributed by atoms with Crippen LogP contribution in [0.4, 0.5) is 24.5 Å². The Morgan fingerprint density at radius 1 is 1.06 bits per heavy atom. The first-order valence-corrected chi connectivity index (χ1v) is 10.4. The molecule has 2 heterocycles. The number of rotatable bonds is 3. The SMILES string of the molecule is O=C(CN1C(=O)[C@]2(COc3cc(F)c(F)cc32)c2c(Br)cccc21)Nc1ccccc1F. The zero-order chi connectivity index (χ0) is 22.6. The molecule has 1 atom stereocenters. The number of benzene rings is 3. The van der Waals surface area contributed by atoms with Gasteiger partial charge in [-0.15, -0.1) is 0 Å². The van der Waals surface area contributed by atoms with Gasteiger partial charge in [0.2, 0.25) is 11.8 Å². The van der Waals surface area contributed by atoms with Crippen LogP contribution in [-0.2, 0) is 15.0 Å². The standard InChI is InChI=1S/C23H14BrF3N2O3/c24-13-4-3-7-18-21(13)23(11-32-19-9-16(27)15(26)8-12(19)23)22(31)29(18)10-20(30)28-17-6-2-1-5-14(17)25/h1-9H,10-11H2,(H,28,30)/t23-/m0/s1. The molecule has 0 saturated carbocycles. The van der Waals surface area contributed by atoms with E-state index >= 15 is 0 Å². The molecule has 162 valence electrons. The van der Waals surface area contributed by atoms with Crippen LogP contribution in [0, 0.1) is 17.5 Å². The van der Waals surface area contributed by atoms with Crippen molar-refractivity contribution in [3.63, 3.8) is 0 Å². The number of hydrogen-bond donors (Lipinski definition) is 1. The molecule has 0 bridgehead atoms. The highest BCUT2D eigenvalue weighted by Crippen LogP contribution is 2.54. The van der Waals surface area contributed by atoms with E-state index in [0.717, 1.165) is 12.1 Å². The number of nitrogens with one attached hydrogen (secondary N) is 1. The molecule has 2 aliphatic heterocycles. The van der Waals surface area contributed by atoms with E-state index in [0.29, 0.717) is 15.7 Å². The van der Waals surface area contributed by atoms with Crippen LogP contribution in [0.15, 0.2) is 59.1 Å². The minimum absolute atomic E-state index is 0.0135. The molecule has 0 aromatic heterocycles. The first kappa shape index (κ1) is 20.6. The highest BCUT2D eigenvalue weighted by molar-refractivity contribution is 9.10. The molecule has 0 unspecified atom stereocenters. The second-order valence-corrected chi connectivity index (χ2v) is 8.36. The number of ether oxygens (including phenoxy) is 1. The summed E-state index contributed by atoms with van der Waals surface area (Å²) in [4.78, 5) is 27.6. The largest absolute Gasteiger partial charge is 0.491 e. The van der Waals surface area contributed by atoms with Crippen LogP contribution in [0.1, 0.15) is 11.1 Å². The molecule has 0 fully saturated rings. The summed E-state index contributed by atoms with van der Waals surface area (Å²) in [5.41, 5.74) is -0.355. The summed E-state index contributed by atoms with van der Waals surface area (Å²) >= 11 is 3.45. The van der Waals surface area contributed by atoms with Gasteiger partial charge in [-0.1, -0.05) is 34.1 Å². The zero-order valence-electron chi connectivity index (χ0n) is 16.3. The van der Waals surface area contributed by atoms with Gasteiger partial charge in [-0.3, -0.25) is 9.59 Å². The summed E-state index contributed by atoms with van der Waals surface area (Å²) in [5, 5.41) is 2.46. The lowest BCUT2D eigenvalue weighted by Gasteiger charge is -2.23. The molecule has 2 amide bonds. The van der Waals surface area contributed by atoms with Gasteiger partial charge in [0, 0.05) is 21.7 Å². The Bertz CT molecular complexity index is 1300. The third-order valence-corrected chi connectivity index (χ3v) is 6.36. The highest BCUT2D eigenvalue weighted by Gasteiger charge is 2.58. The molecule has 32 heavy (non-hydrogen) atoms. The second-order valence-electron chi connectivity index (χ2n) is 7.51. The quantitative estimate of drug-likeness (QED) is 0.572. The maximum absolute atomic E-state index is 14.1. The van der Waals surface area contributed by atoms with E-state index in [1.165, 1.54) is 23.1 Å². The van der Waals surface area contributed by atoms with E-state index in [1.807, 2.05) is 0 Å². The Morgan fingerprint density at radius 3 is 2.59 bits per heavy atom. The van der Waals surface area contributed by atoms with E-state index < -0.39 is 41.2 Å². The second kappa shape index (κ2) is 7.37. The highest BCUT2D eigenvalue weighted by atomic mass is 79.9. The molecule has 9 heteroatoms. The summed E-state index contributed by atoms with van der Waals surface area (Å²) in [6.07, 6.45) is 0. The van der Waals surface area contributed by atoms with Crippen LogP contribution in [-0.4, -0.2) is 25.0 Å². The number of amides is 2. The smallest absolute Gasteiger partial charge is 0.246 e. The maximum Gasteiger partial charge on any atom is 0.246 e. The molecule has 0 aliphatic carbocycles. The Kier molecular flexibility index (Phi) is 4.74. The fraction of sp³-hybridized carbons (Fsp3) is 0.130. The summed E-state index contributed by atoms with van der Waals surface area (Å²) in [6.45, 7) is -0.581. The van der Waals surface area contributed by atoms with E-state index in [9.17, 15) is 22.8 Å². The summed E-state index contributed by atoms with van der Waals surface area (Å²) < 4.78 is 48.0. The van der Waals surface area contributed by atoms with Gasteiger partial charge in [-0.2, -0.15) is 0 Å². The monoisotopic (exact) mass is 502 g/mol. The Morgan fingerprint density at radius 2 is 1.81 bits per heavy atom. The summed E-state index contributed by atoms with van der Waals surface area (Å²) in [6, 6.07) is 12.6. The molecule has 0 radical (unpaired) electrons. The van der Waals surface area contributed by atoms with Crippen molar-refractivity contribution in [2.24, 2.45) is 0 Å². The number of fused-ring (bicyclic) bond motifs is 4. The lowest BCUT2D eigenvalue weighted by Crippen LogP contribution is -2.45. The van der Waals surface area contributed by atoms with Crippen molar-refractivity contribution in [3.8, 4) is 5.75 Å². The van der Waals surface area contributed by atoms with Gasteiger partial charge in [0.05, 0.1) is 11.4 Å². The molecule has 1 spiro atoms. The summed E-state index contributed by atoms with van der Waals surface area (Å²) in [5.74, 6) is -3.87. The van der Waals surface area contributed by atoms with Gasteiger partial charge in [0.1, 0.15) is 30.1 Å². The zero-order valence-corrected chi connectivity index (χ0v) is 17.9. The van der Waals surface area contributed by atoms with Crippen LogP contribution in [0.25, 0.3) is 0 Å². The average molecular weight is 503 g/mol. The third kappa shape index (κ3) is 2.91. The van der Waals surface area contributed by atoms with Gasteiger partial charge in [0.25, 0.3) is 0 Å². The van der Waals surface area contributed by atoms with E-state index in [-0.39, 0.29) is 23.6 Å². The molecule has 5 rings (SSSR count). The van der Waals surface area contributed by atoms with Crippen LogP contribution in [0.3, 0.4) is 0 Å². The number of para-hydroxylation sites is 1. The van der Waals surface area contributed by atoms with Crippen molar-refractivity contribution < 1.29 is 27.5 Å². The van der Waals surface area contributed by atoms with Gasteiger partial charge >= 0.3 is 0 Å². The molecule has 0 saturated heterocycles. The molecule has 2 aliphatic rings. The van der Waals surface area contributed by atoms with Crippen molar-refractivity contribution in [2.75, 3.05) is 23.4 Å². The first-order chi connectivity index (χ1) is 15.3. The molecular weight excluding hydrogens is 489 g/mol. The number of carbonyl (C=O) groups excluding carboxylic acids is 2. The predicted molar refractivity (Wildman–Crippen MR) is 114 cm³/mol. The minimum atomic E-state index is -1.45. The van der Waals surface area contributed by atoms with E-state index in [1.54, 1.807) is 24.3 Å². The van der Waals surface area contributed by atoms with Crippen molar-refractivity contribution in [1.29, 1.82) is 0 Å². The van der Waals surface area contributed by atoms with Crippen molar-refractivity contribution in [1.82, 2.24) is 0 Å². The van der Waals surface area contributed by atoms with Crippen molar-refractivity contribution in [3.05, 3.63) is 87.6 Å². The van der Waals surface area contributed by atoms with E-state index in [2.05, 4.69) is 21.2 Å². The first-order valence-electron chi connectivity index (χ1n) is 9.60. The van der Waals surface area contributed by atoms with Gasteiger partial charge in [-0.25, -0.2) is 13.2 Å². The maximum atomic E-state index is 14.1. The van der Waals surface area contributed by atoms with Crippen molar-refractivity contribution in [2.45, 2.75) is 5.41 Å². The van der Waals surface area contributed by atoms with Crippen LogP contribution < -0.4 is 15.0 Å². The van der Waals surface area contributed by atoms with Gasteiger partial charge < -0.3 is 15.0 Å². The molecule has 5 nitrogen and oxygen atoms in total. The minimum Gasteiger partial charge on any atom is -0.491 e. The third-order valence-electron chi connectivity index (χ3n) is 5.70. The van der Waals surface area contributed by atoms with Gasteiger partial charge in [-0.05, 0) is 30.3 Å². The Hall–Kier alpha value is -3.33. The average Bonchev–Trinajstić information content (AvgIpc) is 3.23. The molecule has 3 aromatic rings. The number of halogens is 4. The number of hydrogen-bond acceptors (Lipinski definition) is 3. The van der Waals surface area contributed by atoms with Crippen LogP contribution in [0.5, 0.6) is 5.75 Å². The Labute approximate surface area is 188 Å². The molecule has 1 N–H and O–H groups in total. The lowest BCUT2D eigenvalue weighted by atomic mass is 9.77. The Balaban J connectivity index is 1.57. The fourth-order valence-corrected chi connectivity index (χ4v) is 4.98. The molecular formula is C23H14BrF3N2O3. The van der Waals surface area contributed by atoms with E-state index in [4.69, 9.17) is 4.74 Å².